The highest BCUT2D eigenvalue weighted by molar-refractivity contribution is 9.10. The highest BCUT2D eigenvalue weighted by Gasteiger charge is 2.04. The zero-order valence-corrected chi connectivity index (χ0v) is 9.12. The minimum Gasteiger partial charge on any atom is -0.226 e. The summed E-state index contributed by atoms with van der Waals surface area (Å²) in [6, 6.07) is 8.11. The van der Waals surface area contributed by atoms with Crippen molar-refractivity contribution in [2.45, 2.75) is 6.92 Å². The SMILES string of the molecule is Cc1cc(Br)n(-c2ccc(F)cc2)n1. The van der Waals surface area contributed by atoms with E-state index in [4.69, 9.17) is 0 Å². The zero-order chi connectivity index (χ0) is 10.1. The van der Waals surface area contributed by atoms with Gasteiger partial charge in [-0.15, -0.1) is 0 Å². The fraction of sp³-hybridized carbons (Fsp3) is 0.100. The molecule has 0 aliphatic heterocycles. The van der Waals surface area contributed by atoms with Crippen LogP contribution in [0.5, 0.6) is 0 Å². The molecule has 0 fully saturated rings. The largest absolute Gasteiger partial charge is 0.226 e. The lowest BCUT2D eigenvalue weighted by atomic mass is 10.3. The van der Waals surface area contributed by atoms with E-state index in [0.29, 0.717) is 0 Å². The van der Waals surface area contributed by atoms with Crippen LogP contribution in [0.15, 0.2) is 34.9 Å². The molecule has 0 amide bonds. The zero-order valence-electron chi connectivity index (χ0n) is 7.54. The molecule has 14 heavy (non-hydrogen) atoms. The summed E-state index contributed by atoms with van der Waals surface area (Å²) in [7, 11) is 0. The molecule has 4 heteroatoms. The van der Waals surface area contributed by atoms with E-state index in [2.05, 4.69) is 21.0 Å². The van der Waals surface area contributed by atoms with Gasteiger partial charge in [-0.25, -0.2) is 9.07 Å². The van der Waals surface area contributed by atoms with Gasteiger partial charge in [0.05, 0.1) is 11.4 Å². The number of aryl methyl sites for hydroxylation is 1. The molecule has 0 aliphatic rings. The monoisotopic (exact) mass is 254 g/mol. The van der Waals surface area contributed by atoms with Crippen molar-refractivity contribution < 1.29 is 4.39 Å². The van der Waals surface area contributed by atoms with Crippen LogP contribution in [-0.4, -0.2) is 9.78 Å². The molecule has 2 aromatic rings. The van der Waals surface area contributed by atoms with Crippen molar-refractivity contribution in [3.8, 4) is 5.69 Å². The Morgan fingerprint density at radius 3 is 2.43 bits per heavy atom. The van der Waals surface area contributed by atoms with Gasteiger partial charge in [-0.05, 0) is 53.2 Å². The first kappa shape index (κ1) is 9.40. The molecular formula is C10H8BrFN2. The Hall–Kier alpha value is -1.16. The molecule has 72 valence electrons. The average Bonchev–Trinajstić information content (AvgIpc) is 2.47. The van der Waals surface area contributed by atoms with Crippen molar-refractivity contribution in [1.82, 2.24) is 9.78 Å². The summed E-state index contributed by atoms with van der Waals surface area (Å²) in [5, 5.41) is 4.26. The third-order valence-electron chi connectivity index (χ3n) is 1.86. The molecule has 0 saturated carbocycles. The van der Waals surface area contributed by atoms with Gasteiger partial charge in [0.25, 0.3) is 0 Å². The number of benzene rings is 1. The summed E-state index contributed by atoms with van der Waals surface area (Å²) < 4.78 is 15.2. The number of rotatable bonds is 1. The van der Waals surface area contributed by atoms with Crippen molar-refractivity contribution in [3.63, 3.8) is 0 Å². The Balaban J connectivity index is 2.49. The average molecular weight is 255 g/mol. The van der Waals surface area contributed by atoms with Crippen LogP contribution in [-0.2, 0) is 0 Å². The van der Waals surface area contributed by atoms with Crippen molar-refractivity contribution in [3.05, 3.63) is 46.4 Å². The molecule has 0 spiro atoms. The molecule has 0 saturated heterocycles. The number of halogens is 2. The topological polar surface area (TPSA) is 17.8 Å². The maximum absolute atomic E-state index is 12.7. The summed E-state index contributed by atoms with van der Waals surface area (Å²) in [4.78, 5) is 0. The molecule has 0 radical (unpaired) electrons. The molecule has 0 N–H and O–H groups in total. The van der Waals surface area contributed by atoms with Crippen LogP contribution >= 0.6 is 15.9 Å². The van der Waals surface area contributed by atoms with Crippen LogP contribution in [0.25, 0.3) is 5.69 Å². The van der Waals surface area contributed by atoms with Crippen LogP contribution in [0.4, 0.5) is 4.39 Å². The molecule has 0 unspecified atom stereocenters. The van der Waals surface area contributed by atoms with Crippen molar-refractivity contribution in [1.29, 1.82) is 0 Å². The predicted molar refractivity (Wildman–Crippen MR) is 56.0 cm³/mol. The number of nitrogens with zero attached hydrogens (tertiary/aromatic N) is 2. The minimum absolute atomic E-state index is 0.242. The Morgan fingerprint density at radius 1 is 1.29 bits per heavy atom. The van der Waals surface area contributed by atoms with Crippen LogP contribution in [0.1, 0.15) is 5.69 Å². The first-order valence-electron chi connectivity index (χ1n) is 4.15. The lowest BCUT2D eigenvalue weighted by molar-refractivity contribution is 0.627. The van der Waals surface area contributed by atoms with Crippen LogP contribution in [0, 0.1) is 12.7 Å². The Morgan fingerprint density at radius 2 is 1.93 bits per heavy atom. The van der Waals surface area contributed by atoms with E-state index in [-0.39, 0.29) is 5.82 Å². The number of hydrogen-bond donors (Lipinski definition) is 0. The summed E-state index contributed by atoms with van der Waals surface area (Å²) in [6.45, 7) is 1.91. The molecule has 1 aromatic carbocycles. The van der Waals surface area contributed by atoms with E-state index in [1.807, 2.05) is 13.0 Å². The third-order valence-corrected chi connectivity index (χ3v) is 2.42. The summed E-state index contributed by atoms with van der Waals surface area (Å²) in [5.74, 6) is -0.242. The second kappa shape index (κ2) is 3.53. The van der Waals surface area contributed by atoms with E-state index in [1.54, 1.807) is 16.8 Å². The number of hydrogen-bond acceptors (Lipinski definition) is 1. The maximum Gasteiger partial charge on any atom is 0.123 e. The van der Waals surface area contributed by atoms with Gasteiger partial charge in [0.15, 0.2) is 0 Å². The molecule has 1 heterocycles. The van der Waals surface area contributed by atoms with Gasteiger partial charge in [0, 0.05) is 0 Å². The standard InChI is InChI=1S/C10H8BrFN2/c1-7-6-10(11)14(13-7)9-4-2-8(12)3-5-9/h2-6H,1H3. The van der Waals surface area contributed by atoms with E-state index in [9.17, 15) is 4.39 Å². The Bertz CT molecular complexity index is 448. The van der Waals surface area contributed by atoms with Gasteiger partial charge in [0.1, 0.15) is 10.4 Å². The highest BCUT2D eigenvalue weighted by atomic mass is 79.9. The van der Waals surface area contributed by atoms with E-state index in [0.717, 1.165) is 16.0 Å². The first-order valence-corrected chi connectivity index (χ1v) is 4.94. The van der Waals surface area contributed by atoms with E-state index < -0.39 is 0 Å². The van der Waals surface area contributed by atoms with Crippen LogP contribution in [0.2, 0.25) is 0 Å². The molecule has 2 nitrogen and oxygen atoms in total. The third kappa shape index (κ3) is 1.70. The number of aromatic nitrogens is 2. The molecule has 2 rings (SSSR count). The van der Waals surface area contributed by atoms with Gasteiger partial charge in [-0.2, -0.15) is 5.10 Å². The van der Waals surface area contributed by atoms with Gasteiger partial charge in [-0.3, -0.25) is 0 Å². The molecule has 0 bridgehead atoms. The molecule has 0 atom stereocenters. The fourth-order valence-electron chi connectivity index (χ4n) is 1.23. The van der Waals surface area contributed by atoms with Gasteiger partial charge in [-0.1, -0.05) is 0 Å². The van der Waals surface area contributed by atoms with E-state index in [1.165, 1.54) is 12.1 Å². The van der Waals surface area contributed by atoms with Crippen molar-refractivity contribution >= 4 is 15.9 Å². The lowest BCUT2D eigenvalue weighted by Crippen LogP contribution is -1.96. The summed E-state index contributed by atoms with van der Waals surface area (Å²) in [6.07, 6.45) is 0. The normalized spacial score (nSPS) is 10.5. The van der Waals surface area contributed by atoms with Crippen molar-refractivity contribution in [2.75, 3.05) is 0 Å². The van der Waals surface area contributed by atoms with Crippen LogP contribution in [0.3, 0.4) is 0 Å². The summed E-state index contributed by atoms with van der Waals surface area (Å²) in [5.41, 5.74) is 1.76. The van der Waals surface area contributed by atoms with Gasteiger partial charge < -0.3 is 0 Å². The highest BCUT2D eigenvalue weighted by Crippen LogP contribution is 2.17. The second-order valence-electron chi connectivity index (χ2n) is 3.00. The smallest absolute Gasteiger partial charge is 0.123 e. The van der Waals surface area contributed by atoms with Crippen molar-refractivity contribution in [2.24, 2.45) is 0 Å². The van der Waals surface area contributed by atoms with Crippen LogP contribution < -0.4 is 0 Å². The molecule has 1 aromatic heterocycles. The van der Waals surface area contributed by atoms with Gasteiger partial charge in [0.2, 0.25) is 0 Å². The minimum atomic E-state index is -0.242. The molecule has 0 aliphatic carbocycles. The van der Waals surface area contributed by atoms with Gasteiger partial charge >= 0.3 is 0 Å². The Labute approximate surface area is 89.5 Å². The Kier molecular flexibility index (Phi) is 2.37. The second-order valence-corrected chi connectivity index (χ2v) is 3.81. The first-order chi connectivity index (χ1) is 6.66. The summed E-state index contributed by atoms with van der Waals surface area (Å²) >= 11 is 3.38. The molecular weight excluding hydrogens is 247 g/mol. The van der Waals surface area contributed by atoms with E-state index >= 15 is 0 Å². The predicted octanol–water partition coefficient (Wildman–Crippen LogP) is 3.08. The maximum atomic E-state index is 12.7. The lowest BCUT2D eigenvalue weighted by Gasteiger charge is -2.01. The fourth-order valence-corrected chi connectivity index (χ4v) is 1.85. The quantitative estimate of drug-likeness (QED) is 0.765.